The van der Waals surface area contributed by atoms with Crippen molar-refractivity contribution in [2.75, 3.05) is 4.23 Å². The van der Waals surface area contributed by atoms with Crippen LogP contribution >= 0.6 is 0 Å². The molecule has 152 valence electrons. The maximum Gasteiger partial charge on any atom is 0.245 e. The van der Waals surface area contributed by atoms with E-state index >= 15 is 0 Å². The van der Waals surface area contributed by atoms with Crippen LogP contribution in [-0.2, 0) is 7.05 Å². The molecule has 5 heteroatoms. The Morgan fingerprint density at radius 1 is 0.667 bits per heavy atom. The Labute approximate surface area is 181 Å². The summed E-state index contributed by atoms with van der Waals surface area (Å²) in [6.07, 6.45) is 4.21. The number of benzene rings is 3. The first-order valence-electron chi connectivity index (χ1n) is 10.4. The molecule has 1 aromatic heterocycles. The lowest BCUT2D eigenvalue weighted by molar-refractivity contribution is 0.768. The minimum Gasteiger partial charge on any atom is -0.412 e. The van der Waals surface area contributed by atoms with Crippen LogP contribution in [0.1, 0.15) is 0 Å². The number of aryl methyl sites for hydroxylation is 1. The molecule has 0 aliphatic heterocycles. The average molecular weight is 428 g/mol. The van der Waals surface area contributed by atoms with E-state index in [1.54, 1.807) is 0 Å². The number of hydrogen-bond acceptors (Lipinski definition) is 2. The highest BCUT2D eigenvalue weighted by molar-refractivity contribution is 7.20. The highest BCUT2D eigenvalue weighted by Crippen LogP contribution is 2.28. The summed E-state index contributed by atoms with van der Waals surface area (Å²) in [4.78, 5) is 0. The minimum atomic E-state index is -2.57. The van der Waals surface area contributed by atoms with E-state index in [9.17, 15) is 0 Å². The average Bonchev–Trinajstić information content (AvgIpc) is 3.18. The fourth-order valence-corrected chi connectivity index (χ4v) is 14.9. The fourth-order valence-electron chi connectivity index (χ4n) is 4.53. The van der Waals surface area contributed by atoms with E-state index in [1.807, 2.05) is 17.9 Å². The first kappa shape index (κ1) is 20.4. The molecule has 0 fully saturated rings. The number of aromatic nitrogens is 2. The quantitative estimate of drug-likeness (QED) is 0.345. The topological polar surface area (TPSA) is 21.1 Å². The Morgan fingerprint density at radius 3 is 1.37 bits per heavy atom. The number of hydrogen-bond donors (Lipinski definition) is 0. The van der Waals surface area contributed by atoms with Gasteiger partial charge in [0.25, 0.3) is 0 Å². The molecular weight excluding hydrogens is 398 g/mol. The van der Waals surface area contributed by atoms with Crippen molar-refractivity contribution in [2.45, 2.75) is 19.6 Å². The Bertz CT molecular complexity index is 991. The molecule has 0 aliphatic carbocycles. The first-order chi connectivity index (χ1) is 14.4. The van der Waals surface area contributed by atoms with Crippen molar-refractivity contribution >= 4 is 37.7 Å². The Balaban J connectivity index is 2.16. The number of rotatable bonds is 6. The van der Waals surface area contributed by atoms with Crippen molar-refractivity contribution in [3.8, 4) is 0 Å². The summed E-state index contributed by atoms with van der Waals surface area (Å²) in [7, 11) is -2.43. The molecule has 0 atom stereocenters. The second-order valence-electron chi connectivity index (χ2n) is 8.69. The summed E-state index contributed by atoms with van der Waals surface area (Å²) in [6, 6.07) is 33.3. The standard InChI is InChI=1S/C25H29N3Si2/c1-27-21-22(20-26-27)28(29(2,3)4)30(23-14-8-5-9-15-23,24-16-10-6-11-17-24)25-18-12-7-13-19-25/h5-21H,1-4H3. The number of nitrogens with zero attached hydrogens (tertiary/aromatic N) is 3. The van der Waals surface area contributed by atoms with Gasteiger partial charge in [0.05, 0.1) is 11.9 Å². The van der Waals surface area contributed by atoms with Crippen LogP contribution in [0.3, 0.4) is 0 Å². The lowest BCUT2D eigenvalue weighted by atomic mass is 10.3. The monoisotopic (exact) mass is 427 g/mol. The molecule has 0 aliphatic rings. The molecule has 0 unspecified atom stereocenters. The third kappa shape index (κ3) is 3.55. The minimum absolute atomic E-state index is 1.21. The molecule has 3 aromatic carbocycles. The molecule has 0 saturated carbocycles. The molecule has 0 bridgehead atoms. The zero-order valence-corrected chi connectivity index (χ0v) is 20.2. The van der Waals surface area contributed by atoms with Gasteiger partial charge in [-0.2, -0.15) is 5.10 Å². The maximum atomic E-state index is 4.56. The van der Waals surface area contributed by atoms with Gasteiger partial charge < -0.3 is 4.23 Å². The van der Waals surface area contributed by atoms with Gasteiger partial charge in [-0.05, 0) is 15.6 Å². The lowest BCUT2D eigenvalue weighted by Gasteiger charge is -2.51. The Kier molecular flexibility index (Phi) is 5.49. The second-order valence-corrected chi connectivity index (χ2v) is 17.5. The largest absolute Gasteiger partial charge is 0.412 e. The molecule has 0 spiro atoms. The van der Waals surface area contributed by atoms with Crippen molar-refractivity contribution in [3.05, 3.63) is 103 Å². The van der Waals surface area contributed by atoms with Crippen molar-refractivity contribution in [3.63, 3.8) is 0 Å². The van der Waals surface area contributed by atoms with Gasteiger partial charge in [-0.15, -0.1) is 0 Å². The molecule has 0 amide bonds. The van der Waals surface area contributed by atoms with Crippen molar-refractivity contribution in [1.29, 1.82) is 0 Å². The molecule has 1 heterocycles. The van der Waals surface area contributed by atoms with E-state index in [4.69, 9.17) is 0 Å². The third-order valence-electron chi connectivity index (χ3n) is 5.53. The van der Waals surface area contributed by atoms with Gasteiger partial charge in [0.1, 0.15) is 8.24 Å². The van der Waals surface area contributed by atoms with E-state index < -0.39 is 16.5 Å². The summed E-state index contributed by atoms with van der Waals surface area (Å²) >= 11 is 0. The molecule has 3 nitrogen and oxygen atoms in total. The van der Waals surface area contributed by atoms with Crippen molar-refractivity contribution in [1.82, 2.24) is 9.78 Å². The van der Waals surface area contributed by atoms with Crippen LogP contribution in [0, 0.1) is 0 Å². The van der Waals surface area contributed by atoms with Crippen LogP contribution in [0.2, 0.25) is 19.6 Å². The van der Waals surface area contributed by atoms with Crippen LogP contribution in [-0.4, -0.2) is 26.3 Å². The summed E-state index contributed by atoms with van der Waals surface area (Å²) in [5.74, 6) is 0. The van der Waals surface area contributed by atoms with Crippen molar-refractivity contribution < 1.29 is 0 Å². The Hall–Kier alpha value is -2.90. The van der Waals surface area contributed by atoms with Crippen LogP contribution in [0.15, 0.2) is 103 Å². The van der Waals surface area contributed by atoms with Gasteiger partial charge in [0, 0.05) is 13.2 Å². The normalized spacial score (nSPS) is 12.0. The zero-order valence-electron chi connectivity index (χ0n) is 18.2. The van der Waals surface area contributed by atoms with Gasteiger partial charge in [0.15, 0.2) is 0 Å². The summed E-state index contributed by atoms with van der Waals surface area (Å²) in [5.41, 5.74) is 1.21. The molecule has 30 heavy (non-hydrogen) atoms. The van der Waals surface area contributed by atoms with Gasteiger partial charge in [-0.3, -0.25) is 4.68 Å². The van der Waals surface area contributed by atoms with E-state index in [2.05, 4.69) is 126 Å². The highest BCUT2D eigenvalue weighted by atomic mass is 28.4. The summed E-state index contributed by atoms with van der Waals surface area (Å²) in [6.45, 7) is 7.32. The van der Waals surface area contributed by atoms with Crippen LogP contribution in [0.5, 0.6) is 0 Å². The molecule has 0 radical (unpaired) electrons. The molecule has 0 saturated heterocycles. The van der Waals surface area contributed by atoms with Crippen molar-refractivity contribution in [2.24, 2.45) is 7.05 Å². The zero-order chi connectivity index (χ0) is 21.2. The van der Waals surface area contributed by atoms with Crippen LogP contribution < -0.4 is 19.8 Å². The maximum absolute atomic E-state index is 4.56. The van der Waals surface area contributed by atoms with E-state index in [0.29, 0.717) is 0 Å². The van der Waals surface area contributed by atoms with Gasteiger partial charge in [-0.25, -0.2) is 0 Å². The van der Waals surface area contributed by atoms with Gasteiger partial charge in [-0.1, -0.05) is 111 Å². The Morgan fingerprint density at radius 2 is 1.07 bits per heavy atom. The van der Waals surface area contributed by atoms with E-state index in [0.717, 1.165) is 0 Å². The van der Waals surface area contributed by atoms with E-state index in [-0.39, 0.29) is 0 Å². The number of anilines is 1. The second kappa shape index (κ2) is 8.09. The van der Waals surface area contributed by atoms with Crippen LogP contribution in [0.25, 0.3) is 0 Å². The molecule has 4 rings (SSSR count). The predicted octanol–water partition coefficient (Wildman–Crippen LogP) is 3.73. The van der Waals surface area contributed by atoms with Crippen LogP contribution in [0.4, 0.5) is 5.69 Å². The SMILES string of the molecule is Cn1cc(N([Si](C)(C)C)[Si](c2ccccc2)(c2ccccc2)c2ccccc2)cn1. The van der Waals surface area contributed by atoms with Gasteiger partial charge in [0.2, 0.25) is 8.24 Å². The van der Waals surface area contributed by atoms with E-state index in [1.165, 1.54) is 21.2 Å². The molecule has 4 aromatic rings. The highest BCUT2D eigenvalue weighted by Gasteiger charge is 2.50. The smallest absolute Gasteiger partial charge is 0.245 e. The molecular formula is C25H29N3Si2. The predicted molar refractivity (Wildman–Crippen MR) is 133 cm³/mol. The summed E-state index contributed by atoms with van der Waals surface area (Å²) in [5, 5.41) is 8.76. The third-order valence-corrected chi connectivity index (χ3v) is 14.6. The summed E-state index contributed by atoms with van der Waals surface area (Å²) < 4.78 is 4.70. The lowest BCUT2D eigenvalue weighted by Crippen LogP contribution is -2.82. The first-order valence-corrected chi connectivity index (χ1v) is 15.8. The fraction of sp³-hybridized carbons (Fsp3) is 0.160. The van der Waals surface area contributed by atoms with Gasteiger partial charge >= 0.3 is 0 Å². The molecule has 0 N–H and O–H groups in total.